The molecule has 3 heteroatoms. The number of hydrogen-bond donors (Lipinski definition) is 0. The van der Waals surface area contributed by atoms with Crippen LogP contribution in [0.5, 0.6) is 0 Å². The summed E-state index contributed by atoms with van der Waals surface area (Å²) in [6.07, 6.45) is 3.66. The Morgan fingerprint density at radius 3 is 2.21 bits per heavy atom. The van der Waals surface area contributed by atoms with Crippen molar-refractivity contribution in [3.05, 3.63) is 0 Å². The lowest BCUT2D eigenvalue weighted by atomic mass is 9.70. The molecule has 0 spiro atoms. The Hall–Kier alpha value is -0.570. The van der Waals surface area contributed by atoms with Crippen molar-refractivity contribution < 1.29 is 14.0 Å². The maximum atomic E-state index is 12.3. The van der Waals surface area contributed by atoms with E-state index in [0.717, 1.165) is 12.3 Å². The van der Waals surface area contributed by atoms with E-state index in [1.165, 1.54) is 12.8 Å². The first-order chi connectivity index (χ1) is 8.50. The molecule has 2 bridgehead atoms. The fourth-order valence-electron chi connectivity index (χ4n) is 3.86. The van der Waals surface area contributed by atoms with Gasteiger partial charge in [-0.25, -0.2) is 4.79 Å². The molecular weight excluding hydrogens is 238 g/mol. The molecule has 0 amide bonds. The highest BCUT2D eigenvalue weighted by molar-refractivity contribution is 5.74. The lowest BCUT2D eigenvalue weighted by molar-refractivity contribution is -0.885. The van der Waals surface area contributed by atoms with Gasteiger partial charge in [-0.05, 0) is 37.5 Å². The minimum absolute atomic E-state index is 0.0397. The van der Waals surface area contributed by atoms with Gasteiger partial charge in [0, 0.05) is 5.41 Å². The summed E-state index contributed by atoms with van der Waals surface area (Å²) in [5.74, 6) is 0.678. The average molecular weight is 268 g/mol. The molecule has 2 rings (SSSR count). The molecule has 2 fully saturated rings. The van der Waals surface area contributed by atoms with Crippen molar-refractivity contribution in [1.29, 1.82) is 0 Å². The number of rotatable bonds is 3. The number of esters is 1. The summed E-state index contributed by atoms with van der Waals surface area (Å²) in [6, 6.07) is -0.106. The number of fused-ring (bicyclic) bond motifs is 2. The zero-order valence-electron chi connectivity index (χ0n) is 13.6. The van der Waals surface area contributed by atoms with E-state index in [-0.39, 0.29) is 23.5 Å². The molecule has 2 aliphatic carbocycles. The molecule has 0 aromatic carbocycles. The molecule has 0 aromatic heterocycles. The first kappa shape index (κ1) is 14.8. The first-order valence-electron chi connectivity index (χ1n) is 7.52. The minimum Gasteiger partial charge on any atom is -0.457 e. The second-order valence-electron chi connectivity index (χ2n) is 8.33. The average Bonchev–Trinajstić information content (AvgIpc) is 2.59. The van der Waals surface area contributed by atoms with Crippen LogP contribution in [0.15, 0.2) is 0 Å². The van der Waals surface area contributed by atoms with Gasteiger partial charge in [0.1, 0.15) is 6.10 Å². The van der Waals surface area contributed by atoms with Gasteiger partial charge >= 0.3 is 5.97 Å². The zero-order chi connectivity index (χ0) is 14.6. The van der Waals surface area contributed by atoms with Crippen molar-refractivity contribution in [2.75, 3.05) is 21.1 Å². The van der Waals surface area contributed by atoms with Crippen LogP contribution in [0.3, 0.4) is 0 Å². The Morgan fingerprint density at radius 2 is 1.84 bits per heavy atom. The molecule has 4 atom stereocenters. The van der Waals surface area contributed by atoms with Gasteiger partial charge in [-0.3, -0.25) is 0 Å². The van der Waals surface area contributed by atoms with Gasteiger partial charge in [-0.15, -0.1) is 0 Å². The normalized spacial score (nSPS) is 38.3. The van der Waals surface area contributed by atoms with Gasteiger partial charge < -0.3 is 9.22 Å². The Morgan fingerprint density at radius 1 is 1.26 bits per heavy atom. The predicted octanol–water partition coefficient (Wildman–Crippen LogP) is 2.84. The molecule has 0 radical (unpaired) electrons. The highest BCUT2D eigenvalue weighted by Gasteiger charge is 2.63. The van der Waals surface area contributed by atoms with Gasteiger partial charge in [0.25, 0.3) is 0 Å². The number of carbonyl (C=O) groups excluding carboxylic acids is 1. The Balaban J connectivity index is 2.09. The number of nitrogens with zero attached hydrogens (tertiary/aromatic N) is 1. The van der Waals surface area contributed by atoms with E-state index in [1.807, 2.05) is 28.1 Å². The molecule has 0 N–H and O–H groups in total. The van der Waals surface area contributed by atoms with Gasteiger partial charge in [0.15, 0.2) is 6.04 Å². The van der Waals surface area contributed by atoms with E-state index in [0.29, 0.717) is 9.90 Å². The Kier molecular flexibility index (Phi) is 3.29. The van der Waals surface area contributed by atoms with E-state index < -0.39 is 0 Å². The van der Waals surface area contributed by atoms with Gasteiger partial charge in [0.05, 0.1) is 21.1 Å². The number of quaternary nitrogens is 1. The second-order valence-corrected chi connectivity index (χ2v) is 8.33. The standard InChI is InChI=1S/C16H30NO2/c1-11(17(5,6)7)14(18)19-13-10-12-8-9-16(13,4)15(12,2)3/h11-13H,8-10H2,1-7H3/q+1/t11-,12-,13+,16-/m1/s1. The largest absolute Gasteiger partial charge is 0.457 e. The van der Waals surface area contributed by atoms with Crippen molar-refractivity contribution in [3.63, 3.8) is 0 Å². The van der Waals surface area contributed by atoms with Crippen LogP contribution < -0.4 is 0 Å². The summed E-state index contributed by atoms with van der Waals surface area (Å²) in [5.41, 5.74) is 0.468. The first-order valence-corrected chi connectivity index (χ1v) is 7.52. The van der Waals surface area contributed by atoms with Gasteiger partial charge in [-0.2, -0.15) is 0 Å². The van der Waals surface area contributed by atoms with Crippen LogP contribution >= 0.6 is 0 Å². The molecule has 0 heterocycles. The fraction of sp³-hybridized carbons (Fsp3) is 0.938. The van der Waals surface area contributed by atoms with Crippen molar-refractivity contribution in [2.45, 2.75) is 59.1 Å². The third-order valence-corrected chi connectivity index (χ3v) is 6.48. The van der Waals surface area contributed by atoms with Crippen LogP contribution in [0.2, 0.25) is 0 Å². The number of likely N-dealkylation sites (N-methyl/N-ethyl adjacent to an activating group) is 1. The molecular formula is C16H30NO2+. The van der Waals surface area contributed by atoms with Crippen LogP contribution in [-0.4, -0.2) is 43.7 Å². The summed E-state index contributed by atoms with van der Waals surface area (Å²) in [4.78, 5) is 12.3. The van der Waals surface area contributed by atoms with Crippen molar-refractivity contribution in [1.82, 2.24) is 0 Å². The van der Waals surface area contributed by atoms with Crippen molar-refractivity contribution >= 4 is 5.97 Å². The Bertz CT molecular complexity index is 383. The molecule has 19 heavy (non-hydrogen) atoms. The highest BCUT2D eigenvalue weighted by atomic mass is 16.5. The second kappa shape index (κ2) is 4.21. The summed E-state index contributed by atoms with van der Waals surface area (Å²) in [7, 11) is 6.12. The highest BCUT2D eigenvalue weighted by Crippen LogP contribution is 2.66. The maximum absolute atomic E-state index is 12.3. The summed E-state index contributed by atoms with van der Waals surface area (Å²) in [6.45, 7) is 8.97. The summed E-state index contributed by atoms with van der Waals surface area (Å²) >= 11 is 0. The molecule has 110 valence electrons. The van der Waals surface area contributed by atoms with Gasteiger partial charge in [-0.1, -0.05) is 20.8 Å². The predicted molar refractivity (Wildman–Crippen MR) is 76.6 cm³/mol. The maximum Gasteiger partial charge on any atom is 0.364 e. The zero-order valence-corrected chi connectivity index (χ0v) is 13.6. The van der Waals surface area contributed by atoms with E-state index in [1.54, 1.807) is 0 Å². The lowest BCUT2D eigenvalue weighted by Gasteiger charge is -2.39. The molecule has 0 aromatic rings. The molecule has 3 nitrogen and oxygen atoms in total. The summed E-state index contributed by atoms with van der Waals surface area (Å²) < 4.78 is 6.54. The topological polar surface area (TPSA) is 26.3 Å². The van der Waals surface area contributed by atoms with E-state index in [9.17, 15) is 4.79 Å². The third kappa shape index (κ3) is 2.10. The van der Waals surface area contributed by atoms with Gasteiger partial charge in [0.2, 0.25) is 0 Å². The van der Waals surface area contributed by atoms with E-state index >= 15 is 0 Å². The summed E-state index contributed by atoms with van der Waals surface area (Å²) in [5, 5.41) is 0. The monoisotopic (exact) mass is 268 g/mol. The molecule has 2 aliphatic rings. The van der Waals surface area contributed by atoms with Crippen molar-refractivity contribution in [3.8, 4) is 0 Å². The van der Waals surface area contributed by atoms with Crippen LogP contribution in [-0.2, 0) is 9.53 Å². The Labute approximate surface area is 117 Å². The number of carbonyl (C=O) groups is 1. The molecule has 0 saturated heterocycles. The van der Waals surface area contributed by atoms with E-state index in [2.05, 4.69) is 20.8 Å². The minimum atomic E-state index is -0.106. The van der Waals surface area contributed by atoms with Crippen molar-refractivity contribution in [2.24, 2.45) is 16.7 Å². The lowest BCUT2D eigenvalue weighted by Crippen LogP contribution is -2.50. The SMILES string of the molecule is C[C@H](C(=O)O[C@H]1C[C@H]2CC[C@@]1(C)C2(C)C)[N+](C)(C)C. The quantitative estimate of drug-likeness (QED) is 0.581. The fourth-order valence-corrected chi connectivity index (χ4v) is 3.86. The molecule has 0 unspecified atom stereocenters. The number of ether oxygens (including phenoxy) is 1. The van der Waals surface area contributed by atoms with Crippen LogP contribution in [0, 0.1) is 16.7 Å². The smallest absolute Gasteiger partial charge is 0.364 e. The van der Waals surface area contributed by atoms with E-state index in [4.69, 9.17) is 4.74 Å². The third-order valence-electron chi connectivity index (χ3n) is 6.48. The van der Waals surface area contributed by atoms with Crippen LogP contribution in [0.25, 0.3) is 0 Å². The number of hydrogen-bond acceptors (Lipinski definition) is 2. The van der Waals surface area contributed by atoms with Crippen LogP contribution in [0.1, 0.15) is 47.0 Å². The molecule has 0 aliphatic heterocycles. The van der Waals surface area contributed by atoms with Crippen LogP contribution in [0.4, 0.5) is 0 Å². The molecule has 2 saturated carbocycles.